The van der Waals surface area contributed by atoms with Crippen LogP contribution in [0.1, 0.15) is 34.2 Å². The first-order valence-corrected chi connectivity index (χ1v) is 7.42. The van der Waals surface area contributed by atoms with Gasteiger partial charge in [0.05, 0.1) is 0 Å². The van der Waals surface area contributed by atoms with Crippen molar-refractivity contribution in [2.24, 2.45) is 4.99 Å². The van der Waals surface area contributed by atoms with Crippen LogP contribution in [0.5, 0.6) is 0 Å². The third-order valence-corrected chi connectivity index (χ3v) is 4.14. The Hall–Kier alpha value is -1.60. The first-order valence-electron chi connectivity index (χ1n) is 7.42. The van der Waals surface area contributed by atoms with E-state index in [2.05, 4.69) is 56.3 Å². The summed E-state index contributed by atoms with van der Waals surface area (Å²) in [4.78, 5) is 4.75. The van der Waals surface area contributed by atoms with Crippen molar-refractivity contribution >= 4 is 18.1 Å². The molecule has 0 saturated carbocycles. The zero-order valence-corrected chi connectivity index (χ0v) is 13.5. The Kier molecular flexibility index (Phi) is 5.19. The molecule has 0 fully saturated rings. The largest absolute Gasteiger partial charge is 0.289 e. The van der Waals surface area contributed by atoms with Crippen molar-refractivity contribution in [3.05, 3.63) is 70.3 Å². The van der Waals surface area contributed by atoms with Gasteiger partial charge in [-0.3, -0.25) is 4.99 Å². The Bertz CT molecular complexity index is 658. The van der Waals surface area contributed by atoms with Crippen molar-refractivity contribution in [2.45, 2.75) is 33.1 Å². The van der Waals surface area contributed by atoms with Gasteiger partial charge in [0.2, 0.25) is 0 Å². The molecule has 1 aliphatic rings. The molecule has 1 nitrogen and oxygen atoms in total. The molecule has 0 amide bonds. The highest BCUT2D eigenvalue weighted by molar-refractivity contribution is 6.02. The second kappa shape index (κ2) is 6.91. The van der Waals surface area contributed by atoms with E-state index < -0.39 is 0 Å². The summed E-state index contributed by atoms with van der Waals surface area (Å²) >= 11 is 0. The number of hydrogen-bond acceptors (Lipinski definition) is 1. The third kappa shape index (κ3) is 3.54. The summed E-state index contributed by atoms with van der Waals surface area (Å²) in [5.41, 5.74) is 8.29. The zero-order chi connectivity index (χ0) is 13.9. The summed E-state index contributed by atoms with van der Waals surface area (Å²) in [6.45, 7) is 5.30. The molecule has 0 aromatic heterocycles. The number of fused-ring (bicyclic) bond motifs is 1. The third-order valence-electron chi connectivity index (χ3n) is 4.14. The Morgan fingerprint density at radius 3 is 2.62 bits per heavy atom. The van der Waals surface area contributed by atoms with Gasteiger partial charge in [0.1, 0.15) is 0 Å². The standard InChI is InChI=1S/C19H21N.ClH/c1-14-7-8-16(15(2)13-14)9-10-19-18-6-4-3-5-17(18)11-12-20-19;/h3-8,13H,9-12H2,1-2H3;1H. The topological polar surface area (TPSA) is 12.4 Å². The highest BCUT2D eigenvalue weighted by Gasteiger charge is 2.13. The molecular weight excluding hydrogens is 278 g/mol. The Labute approximate surface area is 133 Å². The van der Waals surface area contributed by atoms with E-state index in [1.165, 1.54) is 33.5 Å². The molecule has 0 atom stereocenters. The van der Waals surface area contributed by atoms with Crippen molar-refractivity contribution < 1.29 is 0 Å². The molecule has 110 valence electrons. The van der Waals surface area contributed by atoms with Gasteiger partial charge in [-0.2, -0.15) is 0 Å². The predicted octanol–water partition coefficient (Wildman–Crippen LogP) is 4.70. The quantitative estimate of drug-likeness (QED) is 0.779. The Balaban J connectivity index is 0.00000161. The number of rotatable bonds is 3. The van der Waals surface area contributed by atoms with Gasteiger partial charge in [-0.15, -0.1) is 12.4 Å². The van der Waals surface area contributed by atoms with Crippen LogP contribution in [0.15, 0.2) is 47.5 Å². The fourth-order valence-electron chi connectivity index (χ4n) is 3.01. The van der Waals surface area contributed by atoms with Crippen molar-refractivity contribution in [3.8, 4) is 0 Å². The van der Waals surface area contributed by atoms with Crippen LogP contribution in [0.3, 0.4) is 0 Å². The highest BCUT2D eigenvalue weighted by atomic mass is 35.5. The van der Waals surface area contributed by atoms with E-state index in [1.54, 1.807) is 0 Å². The lowest BCUT2D eigenvalue weighted by Gasteiger charge is -2.17. The van der Waals surface area contributed by atoms with Gasteiger partial charge in [-0.1, -0.05) is 48.0 Å². The number of aliphatic imine (C=N–C) groups is 1. The minimum atomic E-state index is 0. The molecule has 0 unspecified atom stereocenters. The summed E-state index contributed by atoms with van der Waals surface area (Å²) in [5.74, 6) is 0. The molecule has 1 aliphatic heterocycles. The van der Waals surface area contributed by atoms with Crippen LogP contribution in [0.25, 0.3) is 0 Å². The second-order valence-corrected chi connectivity index (χ2v) is 5.67. The van der Waals surface area contributed by atoms with Gasteiger partial charge in [-0.25, -0.2) is 0 Å². The van der Waals surface area contributed by atoms with Crippen LogP contribution in [0.4, 0.5) is 0 Å². The van der Waals surface area contributed by atoms with Crippen LogP contribution in [-0.4, -0.2) is 12.3 Å². The van der Waals surface area contributed by atoms with Crippen LogP contribution >= 0.6 is 12.4 Å². The van der Waals surface area contributed by atoms with Crippen LogP contribution in [-0.2, 0) is 12.8 Å². The first-order chi connectivity index (χ1) is 9.74. The molecule has 0 radical (unpaired) electrons. The Morgan fingerprint density at radius 2 is 1.81 bits per heavy atom. The van der Waals surface area contributed by atoms with E-state index in [4.69, 9.17) is 4.99 Å². The number of aryl methyl sites for hydroxylation is 3. The van der Waals surface area contributed by atoms with Gasteiger partial charge < -0.3 is 0 Å². The van der Waals surface area contributed by atoms with Crippen molar-refractivity contribution in [1.82, 2.24) is 0 Å². The molecule has 0 aliphatic carbocycles. The van der Waals surface area contributed by atoms with Crippen molar-refractivity contribution in [3.63, 3.8) is 0 Å². The lowest BCUT2D eigenvalue weighted by molar-refractivity contribution is 0.913. The van der Waals surface area contributed by atoms with Crippen LogP contribution in [0.2, 0.25) is 0 Å². The number of benzene rings is 2. The van der Waals surface area contributed by atoms with Gasteiger partial charge in [0.25, 0.3) is 0 Å². The first kappa shape index (κ1) is 15.8. The molecule has 0 bridgehead atoms. The molecule has 2 aromatic rings. The van der Waals surface area contributed by atoms with E-state index in [-0.39, 0.29) is 12.4 Å². The maximum absolute atomic E-state index is 4.75. The monoisotopic (exact) mass is 299 g/mol. The molecule has 0 N–H and O–H groups in total. The van der Waals surface area contributed by atoms with Gasteiger partial charge >= 0.3 is 0 Å². The van der Waals surface area contributed by atoms with Crippen molar-refractivity contribution in [2.75, 3.05) is 6.54 Å². The maximum Gasteiger partial charge on any atom is 0.0433 e. The molecule has 0 spiro atoms. The minimum absolute atomic E-state index is 0. The van der Waals surface area contributed by atoms with E-state index in [0.29, 0.717) is 0 Å². The summed E-state index contributed by atoms with van der Waals surface area (Å²) in [5, 5.41) is 0. The molecule has 1 heterocycles. The summed E-state index contributed by atoms with van der Waals surface area (Å²) < 4.78 is 0. The normalized spacial score (nSPS) is 13.1. The fourth-order valence-corrected chi connectivity index (χ4v) is 3.01. The van der Waals surface area contributed by atoms with E-state index >= 15 is 0 Å². The molecule has 2 heteroatoms. The van der Waals surface area contributed by atoms with E-state index in [9.17, 15) is 0 Å². The summed E-state index contributed by atoms with van der Waals surface area (Å²) in [6, 6.07) is 15.4. The van der Waals surface area contributed by atoms with Crippen molar-refractivity contribution in [1.29, 1.82) is 0 Å². The second-order valence-electron chi connectivity index (χ2n) is 5.67. The SMILES string of the molecule is Cc1ccc(CCC2=NCCc3ccccc32)c(C)c1.Cl. The van der Waals surface area contributed by atoms with Gasteiger partial charge in [0, 0.05) is 12.3 Å². The minimum Gasteiger partial charge on any atom is -0.289 e. The average Bonchev–Trinajstić information content (AvgIpc) is 2.46. The molecule has 0 saturated heterocycles. The highest BCUT2D eigenvalue weighted by Crippen LogP contribution is 2.20. The summed E-state index contributed by atoms with van der Waals surface area (Å²) in [7, 11) is 0. The lowest BCUT2D eigenvalue weighted by atomic mass is 9.93. The van der Waals surface area contributed by atoms with Gasteiger partial charge in [0.15, 0.2) is 0 Å². The van der Waals surface area contributed by atoms with Gasteiger partial charge in [-0.05, 0) is 55.4 Å². The lowest BCUT2D eigenvalue weighted by Crippen LogP contribution is -2.13. The van der Waals surface area contributed by atoms with E-state index in [0.717, 1.165) is 25.8 Å². The summed E-state index contributed by atoms with van der Waals surface area (Å²) in [6.07, 6.45) is 3.21. The predicted molar refractivity (Wildman–Crippen MR) is 93.0 cm³/mol. The molecule has 21 heavy (non-hydrogen) atoms. The molecular formula is C19H22ClN. The maximum atomic E-state index is 4.75. The fraction of sp³-hybridized carbons (Fsp3) is 0.316. The zero-order valence-electron chi connectivity index (χ0n) is 12.7. The number of halogens is 1. The Morgan fingerprint density at radius 1 is 1.00 bits per heavy atom. The molecule has 2 aromatic carbocycles. The average molecular weight is 300 g/mol. The number of hydrogen-bond donors (Lipinski definition) is 0. The van der Waals surface area contributed by atoms with Crippen LogP contribution in [0, 0.1) is 13.8 Å². The number of nitrogens with zero attached hydrogens (tertiary/aromatic N) is 1. The van der Waals surface area contributed by atoms with E-state index in [1.807, 2.05) is 0 Å². The smallest absolute Gasteiger partial charge is 0.0433 e. The molecule has 3 rings (SSSR count). The van der Waals surface area contributed by atoms with Crippen LogP contribution < -0.4 is 0 Å².